The Labute approximate surface area is 156 Å². The highest BCUT2D eigenvalue weighted by molar-refractivity contribution is 6.88. The van der Waals surface area contributed by atoms with Gasteiger partial charge >= 0.3 is 0 Å². The van der Waals surface area contributed by atoms with Crippen molar-refractivity contribution in [1.82, 2.24) is 13.4 Å². The Kier molecular flexibility index (Phi) is 8.92. The van der Waals surface area contributed by atoms with E-state index in [1.807, 2.05) is 0 Å². The number of nitrogens with zero attached hydrogens (tertiary/aromatic N) is 3. The third-order valence-corrected chi connectivity index (χ3v) is 16.5. The first-order valence-electron chi connectivity index (χ1n) is 9.96. The summed E-state index contributed by atoms with van der Waals surface area (Å²) in [6.07, 6.45) is 0. The summed E-state index contributed by atoms with van der Waals surface area (Å²) in [5.41, 5.74) is 0. The van der Waals surface area contributed by atoms with Crippen LogP contribution in [0.3, 0.4) is 0 Å². The minimum absolute atomic E-state index is 0.577. The maximum atomic E-state index is 2.99. The fraction of sp³-hybridized carbons (Fsp3) is 1.00. The molecule has 0 fully saturated rings. The molecule has 5 heteroatoms. The van der Waals surface area contributed by atoms with Crippen LogP contribution in [0.4, 0.5) is 0 Å². The minimum Gasteiger partial charge on any atom is -0.319 e. The summed E-state index contributed by atoms with van der Waals surface area (Å²) >= 11 is 0. The third-order valence-electron chi connectivity index (χ3n) is 5.18. The van der Waals surface area contributed by atoms with E-state index in [1.165, 1.54) is 0 Å². The number of hydrogen-bond donors (Lipinski definition) is 0. The molecule has 0 rings (SSSR count). The van der Waals surface area contributed by atoms with Crippen LogP contribution in [-0.2, 0) is 0 Å². The zero-order chi connectivity index (χ0) is 19.6. The zero-order valence-electron chi connectivity index (χ0n) is 19.2. The fourth-order valence-electron chi connectivity index (χ4n) is 5.90. The molecule has 0 N–H and O–H groups in total. The number of hydrogen-bond acceptors (Lipinski definition) is 3. The first kappa shape index (κ1) is 24.3. The van der Waals surface area contributed by atoms with Gasteiger partial charge in [-0.05, 0) is 56.4 Å². The quantitative estimate of drug-likeness (QED) is 0.505. The number of rotatable bonds is 9. The van der Waals surface area contributed by atoms with Gasteiger partial charge in [-0.1, -0.05) is 69.2 Å². The summed E-state index contributed by atoms with van der Waals surface area (Å²) in [6.45, 7) is 34.0. The van der Waals surface area contributed by atoms with Crippen LogP contribution in [0.25, 0.3) is 0 Å². The molecular formula is C19H47N3Si2. The van der Waals surface area contributed by atoms with Crippen LogP contribution in [0.1, 0.15) is 69.2 Å². The van der Waals surface area contributed by atoms with Gasteiger partial charge in [-0.15, -0.1) is 0 Å². The molecule has 0 unspecified atom stereocenters. The molecule has 0 amide bonds. The molecule has 146 valence electrons. The van der Waals surface area contributed by atoms with E-state index in [0.29, 0.717) is 30.2 Å². The molecule has 3 nitrogen and oxygen atoms in total. The van der Waals surface area contributed by atoms with Crippen LogP contribution in [0.15, 0.2) is 0 Å². The van der Waals surface area contributed by atoms with Crippen LogP contribution in [0.2, 0.25) is 26.2 Å². The summed E-state index contributed by atoms with van der Waals surface area (Å²) in [5.74, 6) is 0. The highest BCUT2D eigenvalue weighted by Gasteiger charge is 2.51. The maximum absolute atomic E-state index is 2.99. The van der Waals surface area contributed by atoms with Crippen molar-refractivity contribution in [1.29, 1.82) is 0 Å². The Hall–Kier alpha value is 0.314. The highest BCUT2D eigenvalue weighted by Crippen LogP contribution is 2.32. The van der Waals surface area contributed by atoms with Crippen molar-refractivity contribution < 1.29 is 0 Å². The van der Waals surface area contributed by atoms with Crippen LogP contribution >= 0.6 is 0 Å². The largest absolute Gasteiger partial charge is 0.319 e. The van der Waals surface area contributed by atoms with Crippen molar-refractivity contribution in [3.05, 3.63) is 0 Å². The Balaban J connectivity index is 6.19. The van der Waals surface area contributed by atoms with Gasteiger partial charge in [0.15, 0.2) is 16.8 Å². The van der Waals surface area contributed by atoms with E-state index in [1.54, 1.807) is 0 Å². The van der Waals surface area contributed by atoms with Gasteiger partial charge < -0.3 is 13.4 Å². The first-order chi connectivity index (χ1) is 10.6. The molecule has 0 bridgehead atoms. The summed E-state index contributed by atoms with van der Waals surface area (Å²) < 4.78 is 8.63. The maximum Gasteiger partial charge on any atom is 0.195 e. The zero-order valence-corrected chi connectivity index (χ0v) is 21.2. The monoisotopic (exact) mass is 373 g/mol. The summed E-state index contributed by atoms with van der Waals surface area (Å²) in [5, 5.41) is 0. The van der Waals surface area contributed by atoms with Crippen LogP contribution in [0, 0.1) is 0 Å². The molecule has 0 aromatic rings. The van der Waals surface area contributed by atoms with E-state index >= 15 is 0 Å². The third kappa shape index (κ3) is 5.16. The van der Waals surface area contributed by atoms with Gasteiger partial charge in [0.05, 0.1) is 0 Å². The van der Waals surface area contributed by atoms with Gasteiger partial charge in [0.2, 0.25) is 0 Å². The van der Waals surface area contributed by atoms with E-state index in [0.717, 1.165) is 0 Å². The molecule has 0 aromatic carbocycles. The molecule has 24 heavy (non-hydrogen) atoms. The van der Waals surface area contributed by atoms with E-state index in [2.05, 4.69) is 109 Å². The molecule has 0 aromatic heterocycles. The van der Waals surface area contributed by atoms with Crippen molar-refractivity contribution in [2.75, 3.05) is 0 Å². The summed E-state index contributed by atoms with van der Waals surface area (Å²) in [7, 11) is -3.51. The Morgan fingerprint density at radius 2 is 0.625 bits per heavy atom. The van der Waals surface area contributed by atoms with Crippen molar-refractivity contribution >= 4 is 16.8 Å². The summed E-state index contributed by atoms with van der Waals surface area (Å²) in [4.78, 5) is 0. The molecular weight excluding hydrogens is 326 g/mol. The van der Waals surface area contributed by atoms with Crippen LogP contribution in [0.5, 0.6) is 0 Å². The lowest BCUT2D eigenvalue weighted by molar-refractivity contribution is 0.234. The second-order valence-electron chi connectivity index (χ2n) is 9.64. The lowest BCUT2D eigenvalue weighted by Crippen LogP contribution is -2.78. The van der Waals surface area contributed by atoms with E-state index in [4.69, 9.17) is 0 Å². The molecule has 0 spiro atoms. The average Bonchev–Trinajstić information content (AvgIpc) is 2.21. The lowest BCUT2D eigenvalue weighted by Gasteiger charge is -2.59. The molecule has 0 atom stereocenters. The van der Waals surface area contributed by atoms with Crippen molar-refractivity contribution in [3.8, 4) is 0 Å². The van der Waals surface area contributed by atoms with Gasteiger partial charge in [0, 0.05) is 0 Å². The van der Waals surface area contributed by atoms with Gasteiger partial charge in [-0.25, -0.2) is 0 Å². The van der Waals surface area contributed by atoms with Crippen molar-refractivity contribution in [3.63, 3.8) is 0 Å². The Morgan fingerprint density at radius 3 is 0.750 bits per heavy atom. The van der Waals surface area contributed by atoms with Gasteiger partial charge in [-0.2, -0.15) is 0 Å². The molecule has 0 aliphatic rings. The van der Waals surface area contributed by atoms with Gasteiger partial charge in [-0.3, -0.25) is 0 Å². The molecule has 0 radical (unpaired) electrons. The fourth-order valence-corrected chi connectivity index (χ4v) is 20.0. The molecule has 0 aliphatic carbocycles. The van der Waals surface area contributed by atoms with Crippen LogP contribution in [-0.4, -0.2) is 60.4 Å². The second kappa shape index (κ2) is 8.80. The second-order valence-corrected chi connectivity index (χ2v) is 18.1. The van der Waals surface area contributed by atoms with Crippen molar-refractivity contribution in [2.45, 2.75) is 126 Å². The molecule has 0 saturated heterocycles. The first-order valence-corrected chi connectivity index (χ1v) is 15.7. The standard InChI is InChI=1S/C19H47N3Si2/c1-15(2)20(16(3)4)23(11,12)22(19(9)10)24(13,14)21(17(5)6)18(7)8/h15-19H,1-14H3. The van der Waals surface area contributed by atoms with Crippen molar-refractivity contribution in [2.24, 2.45) is 0 Å². The SMILES string of the molecule is CC(C)N(C(C)C)[Si](C)(C)N(C(C)C)[Si](C)(C)N(C(C)C)C(C)C. The minimum atomic E-state index is -1.75. The molecule has 0 saturated carbocycles. The van der Waals surface area contributed by atoms with E-state index in [-0.39, 0.29) is 0 Å². The predicted octanol–water partition coefficient (Wildman–Crippen LogP) is 5.34. The Bertz CT molecular complexity index is 329. The van der Waals surface area contributed by atoms with E-state index < -0.39 is 16.8 Å². The van der Waals surface area contributed by atoms with Crippen LogP contribution < -0.4 is 0 Å². The predicted molar refractivity (Wildman–Crippen MR) is 116 cm³/mol. The van der Waals surface area contributed by atoms with E-state index in [9.17, 15) is 0 Å². The average molecular weight is 374 g/mol. The molecule has 0 heterocycles. The highest BCUT2D eigenvalue weighted by atomic mass is 28.4. The lowest BCUT2D eigenvalue weighted by atomic mass is 10.3. The summed E-state index contributed by atoms with van der Waals surface area (Å²) in [6, 6.07) is 2.93. The topological polar surface area (TPSA) is 9.72 Å². The normalized spacial score (nSPS) is 14.8. The van der Waals surface area contributed by atoms with Gasteiger partial charge in [0.25, 0.3) is 0 Å². The Morgan fingerprint density at radius 1 is 0.417 bits per heavy atom. The smallest absolute Gasteiger partial charge is 0.195 e. The molecule has 0 aliphatic heterocycles. The van der Waals surface area contributed by atoms with Gasteiger partial charge in [0.1, 0.15) is 0 Å².